The standard InChI is InChI=1S/C20H23N3O3/c1-2-13-22-17-10-6-7-11-18(17)23(20(22)25)14-12-19(24)21-26-15-16-8-4-3-5-9-16/h3-11H,2,12-15H2,1H3,(H,21,24). The molecule has 6 heteroatoms. The number of benzene rings is 2. The van der Waals surface area contributed by atoms with Gasteiger partial charge in [-0.3, -0.25) is 18.8 Å². The van der Waals surface area contributed by atoms with Crippen molar-refractivity contribution in [2.45, 2.75) is 39.5 Å². The Kier molecular flexibility index (Phi) is 5.86. The summed E-state index contributed by atoms with van der Waals surface area (Å²) >= 11 is 0. The van der Waals surface area contributed by atoms with E-state index in [2.05, 4.69) is 5.48 Å². The fourth-order valence-electron chi connectivity index (χ4n) is 2.97. The van der Waals surface area contributed by atoms with Gasteiger partial charge < -0.3 is 0 Å². The second-order valence-electron chi connectivity index (χ2n) is 6.12. The van der Waals surface area contributed by atoms with E-state index in [0.29, 0.717) is 19.7 Å². The van der Waals surface area contributed by atoms with Crippen LogP contribution in [0.2, 0.25) is 0 Å². The zero-order chi connectivity index (χ0) is 18.4. The van der Waals surface area contributed by atoms with Crippen LogP contribution in [0, 0.1) is 0 Å². The molecular formula is C20H23N3O3. The minimum atomic E-state index is -0.250. The Labute approximate surface area is 152 Å². The maximum atomic E-state index is 12.7. The van der Waals surface area contributed by atoms with Crippen LogP contribution in [-0.2, 0) is 29.3 Å². The highest BCUT2D eigenvalue weighted by Crippen LogP contribution is 2.13. The minimum Gasteiger partial charge on any atom is -0.292 e. The van der Waals surface area contributed by atoms with Gasteiger partial charge in [0.1, 0.15) is 0 Å². The lowest BCUT2D eigenvalue weighted by Gasteiger charge is -2.07. The van der Waals surface area contributed by atoms with Gasteiger partial charge in [0.2, 0.25) is 5.91 Å². The van der Waals surface area contributed by atoms with E-state index in [0.717, 1.165) is 23.0 Å². The van der Waals surface area contributed by atoms with E-state index < -0.39 is 0 Å². The molecule has 1 aromatic heterocycles. The number of imidazole rings is 1. The van der Waals surface area contributed by atoms with Gasteiger partial charge in [-0.05, 0) is 24.1 Å². The van der Waals surface area contributed by atoms with E-state index >= 15 is 0 Å². The van der Waals surface area contributed by atoms with Gasteiger partial charge in [0.05, 0.1) is 17.6 Å². The van der Waals surface area contributed by atoms with Gasteiger partial charge in [-0.15, -0.1) is 0 Å². The van der Waals surface area contributed by atoms with Crippen molar-refractivity contribution in [3.63, 3.8) is 0 Å². The second kappa shape index (κ2) is 8.49. The molecule has 1 heterocycles. The predicted molar refractivity (Wildman–Crippen MR) is 100 cm³/mol. The zero-order valence-electron chi connectivity index (χ0n) is 14.9. The first kappa shape index (κ1) is 17.9. The Morgan fingerprint density at radius 2 is 1.58 bits per heavy atom. The van der Waals surface area contributed by atoms with Crippen molar-refractivity contribution < 1.29 is 9.63 Å². The number of aromatic nitrogens is 2. The molecule has 0 atom stereocenters. The third-order valence-electron chi connectivity index (χ3n) is 4.20. The maximum absolute atomic E-state index is 12.7. The van der Waals surface area contributed by atoms with Crippen molar-refractivity contribution >= 4 is 16.9 Å². The highest BCUT2D eigenvalue weighted by atomic mass is 16.6. The fourth-order valence-corrected chi connectivity index (χ4v) is 2.97. The molecule has 0 saturated heterocycles. The first-order valence-electron chi connectivity index (χ1n) is 8.83. The van der Waals surface area contributed by atoms with E-state index in [1.165, 1.54) is 0 Å². The third kappa shape index (κ3) is 4.03. The highest BCUT2D eigenvalue weighted by Gasteiger charge is 2.13. The molecule has 1 N–H and O–H groups in total. The van der Waals surface area contributed by atoms with E-state index in [1.54, 1.807) is 9.13 Å². The molecule has 3 rings (SSSR count). The summed E-state index contributed by atoms with van der Waals surface area (Å²) in [4.78, 5) is 29.9. The molecule has 0 spiro atoms. The summed E-state index contributed by atoms with van der Waals surface area (Å²) in [5, 5.41) is 0. The smallest absolute Gasteiger partial charge is 0.292 e. The van der Waals surface area contributed by atoms with Crippen LogP contribution in [0.15, 0.2) is 59.4 Å². The number of aryl methyl sites for hydroxylation is 2. The first-order chi connectivity index (χ1) is 12.7. The molecular weight excluding hydrogens is 330 g/mol. The molecule has 6 nitrogen and oxygen atoms in total. The number of fused-ring (bicyclic) bond motifs is 1. The molecule has 0 aliphatic carbocycles. The Morgan fingerprint density at radius 1 is 0.962 bits per heavy atom. The number of para-hydroxylation sites is 2. The van der Waals surface area contributed by atoms with Crippen LogP contribution in [-0.4, -0.2) is 15.0 Å². The van der Waals surface area contributed by atoms with Gasteiger partial charge in [0.15, 0.2) is 0 Å². The van der Waals surface area contributed by atoms with Gasteiger partial charge >= 0.3 is 5.69 Å². The van der Waals surface area contributed by atoms with Crippen LogP contribution in [0.3, 0.4) is 0 Å². The van der Waals surface area contributed by atoms with Crippen LogP contribution in [0.5, 0.6) is 0 Å². The molecule has 0 radical (unpaired) electrons. The van der Waals surface area contributed by atoms with Crippen LogP contribution in [0.25, 0.3) is 11.0 Å². The highest BCUT2D eigenvalue weighted by molar-refractivity contribution is 5.77. The van der Waals surface area contributed by atoms with Gasteiger partial charge in [-0.1, -0.05) is 49.4 Å². The summed E-state index contributed by atoms with van der Waals surface area (Å²) in [7, 11) is 0. The third-order valence-corrected chi connectivity index (χ3v) is 4.20. The van der Waals surface area contributed by atoms with E-state index in [9.17, 15) is 9.59 Å². The van der Waals surface area contributed by atoms with Gasteiger partial charge in [0, 0.05) is 19.5 Å². The second-order valence-corrected chi connectivity index (χ2v) is 6.12. The molecule has 0 bridgehead atoms. The minimum absolute atomic E-state index is 0.0777. The molecule has 136 valence electrons. The topological polar surface area (TPSA) is 65.3 Å². The molecule has 0 aliphatic heterocycles. The van der Waals surface area contributed by atoms with Crippen LogP contribution < -0.4 is 11.2 Å². The van der Waals surface area contributed by atoms with Gasteiger partial charge in [0.25, 0.3) is 0 Å². The van der Waals surface area contributed by atoms with E-state index in [4.69, 9.17) is 4.84 Å². The number of hydrogen-bond donors (Lipinski definition) is 1. The largest absolute Gasteiger partial charge is 0.329 e. The first-order valence-corrected chi connectivity index (χ1v) is 8.83. The number of carbonyl (C=O) groups is 1. The summed E-state index contributed by atoms with van der Waals surface area (Å²) < 4.78 is 3.42. The number of rotatable bonds is 8. The lowest BCUT2D eigenvalue weighted by molar-refractivity contribution is -0.134. The summed E-state index contributed by atoms with van der Waals surface area (Å²) in [6, 6.07) is 17.3. The summed E-state index contributed by atoms with van der Waals surface area (Å²) in [5.74, 6) is -0.250. The fraction of sp³-hybridized carbons (Fsp3) is 0.300. The van der Waals surface area contributed by atoms with Crippen LogP contribution in [0.1, 0.15) is 25.3 Å². The lowest BCUT2D eigenvalue weighted by Crippen LogP contribution is -2.28. The number of hydroxylamine groups is 1. The molecule has 0 fully saturated rings. The molecule has 3 aromatic rings. The average Bonchev–Trinajstić information content (AvgIpc) is 2.93. The van der Waals surface area contributed by atoms with Crippen molar-refractivity contribution in [1.29, 1.82) is 0 Å². The van der Waals surface area contributed by atoms with Crippen molar-refractivity contribution in [3.05, 3.63) is 70.6 Å². The normalized spacial score (nSPS) is 11.0. The predicted octanol–water partition coefficient (Wildman–Crippen LogP) is 2.85. The van der Waals surface area contributed by atoms with Crippen LogP contribution >= 0.6 is 0 Å². The van der Waals surface area contributed by atoms with Crippen molar-refractivity contribution in [2.75, 3.05) is 0 Å². The Bertz CT molecular complexity index is 928. The Hall–Kier alpha value is -2.86. The Balaban J connectivity index is 1.61. The van der Waals surface area contributed by atoms with E-state index in [1.807, 2.05) is 61.5 Å². The van der Waals surface area contributed by atoms with Crippen molar-refractivity contribution in [3.8, 4) is 0 Å². The number of nitrogens with zero attached hydrogens (tertiary/aromatic N) is 2. The monoisotopic (exact) mass is 353 g/mol. The summed E-state index contributed by atoms with van der Waals surface area (Å²) in [6.07, 6.45) is 1.05. The lowest BCUT2D eigenvalue weighted by atomic mass is 10.2. The molecule has 1 amide bonds. The quantitative estimate of drug-likeness (QED) is 0.633. The maximum Gasteiger partial charge on any atom is 0.329 e. The molecule has 2 aromatic carbocycles. The number of carbonyl (C=O) groups excluding carboxylic acids is 1. The SMILES string of the molecule is CCCn1c(=O)n(CCC(=O)NOCc2ccccc2)c2ccccc21. The molecule has 26 heavy (non-hydrogen) atoms. The Morgan fingerprint density at radius 3 is 2.23 bits per heavy atom. The van der Waals surface area contributed by atoms with Crippen molar-refractivity contribution in [1.82, 2.24) is 14.6 Å². The summed E-state index contributed by atoms with van der Waals surface area (Å²) in [6.45, 7) is 3.33. The van der Waals surface area contributed by atoms with Crippen molar-refractivity contribution in [2.24, 2.45) is 0 Å². The van der Waals surface area contributed by atoms with E-state index in [-0.39, 0.29) is 18.0 Å². The number of amides is 1. The molecule has 0 aliphatic rings. The van der Waals surface area contributed by atoms with Gasteiger partial charge in [-0.2, -0.15) is 0 Å². The van der Waals surface area contributed by atoms with Crippen LogP contribution in [0.4, 0.5) is 0 Å². The number of nitrogens with one attached hydrogen (secondary N) is 1. The molecule has 0 saturated carbocycles. The zero-order valence-corrected chi connectivity index (χ0v) is 14.9. The average molecular weight is 353 g/mol. The van der Waals surface area contributed by atoms with Gasteiger partial charge in [-0.25, -0.2) is 10.3 Å². The number of hydrogen-bond acceptors (Lipinski definition) is 3. The summed E-state index contributed by atoms with van der Waals surface area (Å²) in [5.41, 5.74) is 5.09. The molecule has 0 unspecified atom stereocenters.